The molecule has 1 heterocycles. The number of carboxylic acid groups (broad SMARTS) is 1. The number of carboxylic acids is 1. The molecular formula is C19H32N6O7. The third kappa shape index (κ3) is 8.61. The Balaban J connectivity index is 2.81. The number of aliphatic hydroxyl groups excluding tert-OH is 2. The Kier molecular flexibility index (Phi) is 10.7. The molecule has 0 aliphatic heterocycles. The van der Waals surface area contributed by atoms with E-state index in [1.807, 2.05) is 13.8 Å². The summed E-state index contributed by atoms with van der Waals surface area (Å²) in [5.74, 6) is -3.76. The van der Waals surface area contributed by atoms with E-state index in [0.29, 0.717) is 12.1 Å². The van der Waals surface area contributed by atoms with Crippen molar-refractivity contribution in [3.63, 3.8) is 0 Å². The van der Waals surface area contributed by atoms with Gasteiger partial charge in [0.25, 0.3) is 0 Å². The standard InChI is InChI=1S/C19H32N6O7/c1-9(2)4-12(20)16(28)24-14(7-26)17(29)25-15(10(3)27)18(30)23-13(19(31)32)5-11-6-21-8-22-11/h6,8-10,12-15,26-27H,4-5,7,20H2,1-3H3,(H,21,22)(H,23,30)(H,24,28)(H,25,29)(H,31,32). The van der Waals surface area contributed by atoms with Crippen molar-refractivity contribution in [2.75, 3.05) is 6.61 Å². The summed E-state index contributed by atoms with van der Waals surface area (Å²) in [6.07, 6.45) is 1.60. The molecule has 0 bridgehead atoms. The van der Waals surface area contributed by atoms with E-state index in [-0.39, 0.29) is 12.3 Å². The Morgan fingerprint density at radius 3 is 2.16 bits per heavy atom. The number of aromatic nitrogens is 2. The number of nitrogens with zero attached hydrogens (tertiary/aromatic N) is 1. The first-order chi connectivity index (χ1) is 15.0. The van der Waals surface area contributed by atoms with Crippen LogP contribution in [-0.2, 0) is 25.6 Å². The zero-order valence-corrected chi connectivity index (χ0v) is 18.2. The van der Waals surface area contributed by atoms with E-state index >= 15 is 0 Å². The van der Waals surface area contributed by atoms with Gasteiger partial charge in [-0.1, -0.05) is 13.8 Å². The van der Waals surface area contributed by atoms with E-state index in [0.717, 1.165) is 0 Å². The average Bonchev–Trinajstić information content (AvgIpc) is 3.21. The van der Waals surface area contributed by atoms with Gasteiger partial charge in [0.05, 0.1) is 25.1 Å². The Morgan fingerprint density at radius 1 is 1.06 bits per heavy atom. The molecule has 0 aliphatic carbocycles. The first-order valence-electron chi connectivity index (χ1n) is 10.1. The molecule has 0 saturated heterocycles. The maximum absolute atomic E-state index is 12.6. The second-order valence-electron chi connectivity index (χ2n) is 7.89. The van der Waals surface area contributed by atoms with Gasteiger partial charge in [-0.3, -0.25) is 14.4 Å². The van der Waals surface area contributed by atoms with Crippen LogP contribution in [0.4, 0.5) is 0 Å². The molecule has 0 radical (unpaired) electrons. The van der Waals surface area contributed by atoms with Crippen LogP contribution < -0.4 is 21.7 Å². The smallest absolute Gasteiger partial charge is 0.326 e. The van der Waals surface area contributed by atoms with E-state index in [2.05, 4.69) is 25.9 Å². The minimum Gasteiger partial charge on any atom is -0.480 e. The van der Waals surface area contributed by atoms with Gasteiger partial charge in [-0.25, -0.2) is 9.78 Å². The number of nitrogens with one attached hydrogen (secondary N) is 4. The van der Waals surface area contributed by atoms with Gasteiger partial charge >= 0.3 is 5.97 Å². The highest BCUT2D eigenvalue weighted by Crippen LogP contribution is 2.04. The fraction of sp³-hybridized carbons (Fsp3) is 0.632. The third-order valence-electron chi connectivity index (χ3n) is 4.53. The number of hydrogen-bond donors (Lipinski definition) is 8. The van der Waals surface area contributed by atoms with Crippen LogP contribution in [0.15, 0.2) is 12.5 Å². The number of nitrogens with two attached hydrogens (primary N) is 1. The summed E-state index contributed by atoms with van der Waals surface area (Å²) < 4.78 is 0. The van der Waals surface area contributed by atoms with E-state index < -0.39 is 60.6 Å². The summed E-state index contributed by atoms with van der Waals surface area (Å²) in [6.45, 7) is 4.18. The van der Waals surface area contributed by atoms with E-state index in [1.165, 1.54) is 19.4 Å². The van der Waals surface area contributed by atoms with Crippen molar-refractivity contribution >= 4 is 23.7 Å². The molecule has 0 aromatic carbocycles. The molecule has 180 valence electrons. The van der Waals surface area contributed by atoms with Crippen molar-refractivity contribution in [2.24, 2.45) is 11.7 Å². The van der Waals surface area contributed by atoms with Crippen molar-refractivity contribution in [3.05, 3.63) is 18.2 Å². The zero-order valence-electron chi connectivity index (χ0n) is 18.2. The van der Waals surface area contributed by atoms with Crippen molar-refractivity contribution in [3.8, 4) is 0 Å². The maximum Gasteiger partial charge on any atom is 0.326 e. The molecular weight excluding hydrogens is 424 g/mol. The van der Waals surface area contributed by atoms with Crippen molar-refractivity contribution < 1.29 is 34.5 Å². The Morgan fingerprint density at radius 2 is 1.69 bits per heavy atom. The van der Waals surface area contributed by atoms with Crippen molar-refractivity contribution in [1.29, 1.82) is 0 Å². The van der Waals surface area contributed by atoms with Gasteiger partial charge in [-0.15, -0.1) is 0 Å². The largest absolute Gasteiger partial charge is 0.480 e. The Hall–Kier alpha value is -3.03. The SMILES string of the molecule is CC(C)CC(N)C(=O)NC(CO)C(=O)NC(C(=O)NC(Cc1cnc[nH]1)C(=O)O)C(C)O. The van der Waals surface area contributed by atoms with Gasteiger partial charge in [-0.2, -0.15) is 0 Å². The molecule has 1 rings (SSSR count). The lowest BCUT2D eigenvalue weighted by Gasteiger charge is -2.26. The Bertz CT molecular complexity index is 768. The first kappa shape index (κ1) is 27.0. The number of imidazole rings is 1. The van der Waals surface area contributed by atoms with Gasteiger partial charge in [0, 0.05) is 18.3 Å². The second kappa shape index (κ2) is 12.7. The molecule has 0 aliphatic rings. The number of rotatable bonds is 13. The summed E-state index contributed by atoms with van der Waals surface area (Å²) in [5, 5.41) is 35.6. The number of carbonyl (C=O) groups is 4. The fourth-order valence-corrected chi connectivity index (χ4v) is 2.82. The van der Waals surface area contributed by atoms with E-state index in [4.69, 9.17) is 5.73 Å². The number of carbonyl (C=O) groups excluding carboxylic acids is 3. The average molecular weight is 457 g/mol. The van der Waals surface area contributed by atoms with E-state index in [9.17, 15) is 34.5 Å². The van der Waals surface area contributed by atoms with Crippen LogP contribution in [0.1, 0.15) is 32.9 Å². The van der Waals surface area contributed by atoms with Crippen LogP contribution in [-0.4, -0.2) is 85.9 Å². The molecule has 13 heteroatoms. The number of aromatic amines is 1. The van der Waals surface area contributed by atoms with Gasteiger partial charge in [0.15, 0.2) is 0 Å². The first-order valence-corrected chi connectivity index (χ1v) is 10.1. The summed E-state index contributed by atoms with van der Waals surface area (Å²) in [4.78, 5) is 55.2. The van der Waals surface area contributed by atoms with Crippen LogP contribution in [0.5, 0.6) is 0 Å². The predicted molar refractivity (Wildman–Crippen MR) is 112 cm³/mol. The molecule has 9 N–H and O–H groups in total. The van der Waals surface area contributed by atoms with E-state index in [1.54, 1.807) is 0 Å². The van der Waals surface area contributed by atoms with Crippen LogP contribution in [0.2, 0.25) is 0 Å². The van der Waals surface area contributed by atoms with Crippen molar-refractivity contribution in [2.45, 2.75) is 63.9 Å². The summed E-state index contributed by atoms with van der Waals surface area (Å²) in [7, 11) is 0. The highest BCUT2D eigenvalue weighted by molar-refractivity contribution is 5.94. The molecule has 3 amide bonds. The highest BCUT2D eigenvalue weighted by Gasteiger charge is 2.32. The van der Waals surface area contributed by atoms with Gasteiger partial charge < -0.3 is 42.0 Å². The quantitative estimate of drug-likeness (QED) is 0.154. The number of aliphatic hydroxyl groups is 2. The van der Waals surface area contributed by atoms with Crippen LogP contribution in [0, 0.1) is 5.92 Å². The molecule has 1 aromatic heterocycles. The van der Waals surface area contributed by atoms with Crippen molar-refractivity contribution in [1.82, 2.24) is 25.9 Å². The molecule has 0 spiro atoms. The lowest BCUT2D eigenvalue weighted by molar-refractivity contribution is -0.143. The second-order valence-corrected chi connectivity index (χ2v) is 7.89. The molecule has 13 nitrogen and oxygen atoms in total. The van der Waals surface area contributed by atoms with Gasteiger partial charge in [-0.05, 0) is 19.3 Å². The summed E-state index contributed by atoms with van der Waals surface area (Å²) >= 11 is 0. The lowest BCUT2D eigenvalue weighted by atomic mass is 10.0. The molecule has 5 atom stereocenters. The molecule has 1 aromatic rings. The predicted octanol–water partition coefficient (Wildman–Crippen LogP) is -2.76. The number of amides is 3. The monoisotopic (exact) mass is 456 g/mol. The fourth-order valence-electron chi connectivity index (χ4n) is 2.82. The lowest BCUT2D eigenvalue weighted by Crippen LogP contribution is -2.60. The molecule has 0 saturated carbocycles. The maximum atomic E-state index is 12.6. The normalized spacial score (nSPS) is 15.8. The number of hydrogen-bond acceptors (Lipinski definition) is 8. The summed E-state index contributed by atoms with van der Waals surface area (Å²) in [6, 6.07) is -5.22. The van der Waals surface area contributed by atoms with Gasteiger partial charge in [0.1, 0.15) is 18.1 Å². The Labute approximate surface area is 185 Å². The van der Waals surface area contributed by atoms with Crippen LogP contribution in [0.3, 0.4) is 0 Å². The molecule has 32 heavy (non-hydrogen) atoms. The minimum absolute atomic E-state index is 0.107. The van der Waals surface area contributed by atoms with Crippen LogP contribution in [0.25, 0.3) is 0 Å². The molecule has 0 fully saturated rings. The molecule has 5 unspecified atom stereocenters. The number of H-pyrrole nitrogens is 1. The highest BCUT2D eigenvalue weighted by atomic mass is 16.4. The van der Waals surface area contributed by atoms with Gasteiger partial charge in [0.2, 0.25) is 17.7 Å². The third-order valence-corrected chi connectivity index (χ3v) is 4.53. The number of aliphatic carboxylic acids is 1. The summed E-state index contributed by atoms with van der Waals surface area (Å²) in [5.41, 5.74) is 6.22. The zero-order chi connectivity index (χ0) is 24.4. The minimum atomic E-state index is -1.54. The van der Waals surface area contributed by atoms with Crippen LogP contribution >= 0.6 is 0 Å². The topological polar surface area (TPSA) is 220 Å².